The highest BCUT2D eigenvalue weighted by Gasteiger charge is 2.00. The molecule has 0 aromatic heterocycles. The smallest absolute Gasteiger partial charge is 0.0740 e. The van der Waals surface area contributed by atoms with Crippen LogP contribution in [0.4, 0.5) is 0 Å². The Labute approximate surface area is 83.5 Å². The molecule has 1 N–H and O–H groups in total. The maximum Gasteiger partial charge on any atom is 0.0740 e. The summed E-state index contributed by atoms with van der Waals surface area (Å²) in [7, 11) is 0. The fourth-order valence-electron chi connectivity index (χ4n) is 0.995. The van der Waals surface area contributed by atoms with Gasteiger partial charge in [-0.15, -0.1) is 0 Å². The summed E-state index contributed by atoms with van der Waals surface area (Å²) >= 11 is 1.63. The van der Waals surface area contributed by atoms with Crippen LogP contribution in [-0.2, 0) is 0 Å². The van der Waals surface area contributed by atoms with Gasteiger partial charge < -0.3 is 5.11 Å². The Balaban J connectivity index is 2.80. The summed E-state index contributed by atoms with van der Waals surface area (Å²) in [6.07, 6.45) is 1.94. The molecule has 0 aliphatic carbocycles. The van der Waals surface area contributed by atoms with E-state index < -0.39 is 0 Å². The van der Waals surface area contributed by atoms with Gasteiger partial charge in [0.1, 0.15) is 0 Å². The van der Waals surface area contributed by atoms with Gasteiger partial charge >= 0.3 is 0 Å². The summed E-state index contributed by atoms with van der Waals surface area (Å²) < 4.78 is 0. The summed E-state index contributed by atoms with van der Waals surface area (Å²) in [5.41, 5.74) is 1.25. The average Bonchev–Trinajstić information content (AvgIpc) is 2.17. The van der Waals surface area contributed by atoms with Crippen LogP contribution in [-0.4, -0.2) is 11.7 Å². The molecule has 0 aliphatic rings. The van der Waals surface area contributed by atoms with Crippen LogP contribution in [0.25, 0.3) is 0 Å². The van der Waals surface area contributed by atoms with E-state index in [9.17, 15) is 0 Å². The number of allylic oxidation sites excluding steroid dienone is 1. The molecule has 0 spiro atoms. The highest BCUT2D eigenvalue weighted by atomic mass is 32.2. The zero-order valence-corrected chi connectivity index (χ0v) is 8.77. The Kier molecular flexibility index (Phi) is 4.06. The standard InChI is InChI=1S/C11H14OS/c1-3-10(8-12)13-11-7-5-4-6-9(11)2/h3-7,12H,8H2,1-2H3/b10-3+. The summed E-state index contributed by atoms with van der Waals surface area (Å²) in [6, 6.07) is 8.18. The Morgan fingerprint density at radius 3 is 2.69 bits per heavy atom. The SMILES string of the molecule is C/C=C(\CO)Sc1ccccc1C. The van der Waals surface area contributed by atoms with Gasteiger partial charge in [0, 0.05) is 9.80 Å². The molecule has 1 nitrogen and oxygen atoms in total. The van der Waals surface area contributed by atoms with Crippen LogP contribution in [0.15, 0.2) is 40.1 Å². The Hall–Kier alpha value is -0.730. The van der Waals surface area contributed by atoms with Crippen molar-refractivity contribution in [2.45, 2.75) is 18.7 Å². The van der Waals surface area contributed by atoms with Crippen molar-refractivity contribution in [2.24, 2.45) is 0 Å². The van der Waals surface area contributed by atoms with E-state index in [4.69, 9.17) is 5.11 Å². The second kappa shape index (κ2) is 5.10. The van der Waals surface area contributed by atoms with Crippen molar-refractivity contribution in [1.29, 1.82) is 0 Å². The first-order valence-electron chi connectivity index (χ1n) is 4.27. The zero-order valence-electron chi connectivity index (χ0n) is 7.95. The molecule has 0 radical (unpaired) electrons. The van der Waals surface area contributed by atoms with E-state index >= 15 is 0 Å². The van der Waals surface area contributed by atoms with Crippen molar-refractivity contribution in [2.75, 3.05) is 6.61 Å². The van der Waals surface area contributed by atoms with E-state index in [1.165, 1.54) is 10.5 Å². The normalized spacial score (nSPS) is 11.8. The first-order chi connectivity index (χ1) is 6.27. The van der Waals surface area contributed by atoms with Gasteiger partial charge in [0.15, 0.2) is 0 Å². The minimum Gasteiger partial charge on any atom is -0.391 e. The minimum absolute atomic E-state index is 0.121. The molecule has 2 heteroatoms. The summed E-state index contributed by atoms with van der Waals surface area (Å²) in [5, 5.41) is 8.99. The lowest BCUT2D eigenvalue weighted by Gasteiger charge is -2.05. The van der Waals surface area contributed by atoms with Crippen LogP contribution in [0.2, 0.25) is 0 Å². The molecule has 0 unspecified atom stereocenters. The highest BCUT2D eigenvalue weighted by Crippen LogP contribution is 2.28. The van der Waals surface area contributed by atoms with E-state index in [1.807, 2.05) is 25.1 Å². The summed E-state index contributed by atoms with van der Waals surface area (Å²) in [6.45, 7) is 4.14. The molecule has 1 aromatic carbocycles. The summed E-state index contributed by atoms with van der Waals surface area (Å²) in [5.74, 6) is 0. The second-order valence-electron chi connectivity index (χ2n) is 2.78. The number of aliphatic hydroxyl groups excluding tert-OH is 1. The van der Waals surface area contributed by atoms with E-state index in [0.29, 0.717) is 0 Å². The molecule has 13 heavy (non-hydrogen) atoms. The lowest BCUT2D eigenvalue weighted by molar-refractivity contribution is 0.339. The van der Waals surface area contributed by atoms with Crippen LogP contribution in [0.3, 0.4) is 0 Å². The lowest BCUT2D eigenvalue weighted by atomic mass is 10.2. The first kappa shape index (κ1) is 10.4. The molecule has 1 aromatic rings. The summed E-state index contributed by atoms with van der Waals surface area (Å²) in [4.78, 5) is 2.21. The highest BCUT2D eigenvalue weighted by molar-refractivity contribution is 8.03. The van der Waals surface area contributed by atoms with E-state index in [2.05, 4.69) is 19.1 Å². The number of benzene rings is 1. The van der Waals surface area contributed by atoms with Crippen LogP contribution in [0, 0.1) is 6.92 Å². The largest absolute Gasteiger partial charge is 0.391 e. The third-order valence-electron chi connectivity index (χ3n) is 1.81. The fraction of sp³-hybridized carbons (Fsp3) is 0.273. The van der Waals surface area contributed by atoms with E-state index in [1.54, 1.807) is 11.8 Å². The predicted octanol–water partition coefficient (Wildman–Crippen LogP) is 2.98. The van der Waals surface area contributed by atoms with Gasteiger partial charge in [0.2, 0.25) is 0 Å². The van der Waals surface area contributed by atoms with Gasteiger partial charge in [0.25, 0.3) is 0 Å². The van der Waals surface area contributed by atoms with Gasteiger partial charge in [-0.05, 0) is 25.5 Å². The van der Waals surface area contributed by atoms with Crippen molar-refractivity contribution in [3.63, 3.8) is 0 Å². The topological polar surface area (TPSA) is 20.2 Å². The molecule has 70 valence electrons. The van der Waals surface area contributed by atoms with Crippen molar-refractivity contribution < 1.29 is 5.11 Å². The number of aryl methyl sites for hydroxylation is 1. The number of hydrogen-bond acceptors (Lipinski definition) is 2. The molecular weight excluding hydrogens is 180 g/mol. The number of aliphatic hydroxyl groups is 1. The molecule has 0 saturated carbocycles. The van der Waals surface area contributed by atoms with Gasteiger partial charge in [0.05, 0.1) is 6.61 Å². The third-order valence-corrected chi connectivity index (χ3v) is 3.12. The lowest BCUT2D eigenvalue weighted by Crippen LogP contribution is -1.86. The first-order valence-corrected chi connectivity index (χ1v) is 5.09. The third kappa shape index (κ3) is 2.90. The average molecular weight is 194 g/mol. The predicted molar refractivity (Wildman–Crippen MR) is 57.9 cm³/mol. The second-order valence-corrected chi connectivity index (χ2v) is 3.95. The van der Waals surface area contributed by atoms with Crippen molar-refractivity contribution in [3.8, 4) is 0 Å². The van der Waals surface area contributed by atoms with Crippen molar-refractivity contribution in [1.82, 2.24) is 0 Å². The number of thioether (sulfide) groups is 1. The van der Waals surface area contributed by atoms with Crippen molar-refractivity contribution >= 4 is 11.8 Å². The Bertz CT molecular complexity index is 305. The van der Waals surface area contributed by atoms with Crippen LogP contribution in [0.1, 0.15) is 12.5 Å². The molecule has 0 saturated heterocycles. The molecule has 0 aliphatic heterocycles. The maximum atomic E-state index is 8.99. The molecule has 1 rings (SSSR count). The number of hydrogen-bond donors (Lipinski definition) is 1. The van der Waals surface area contributed by atoms with Gasteiger partial charge in [-0.3, -0.25) is 0 Å². The van der Waals surface area contributed by atoms with Crippen LogP contribution >= 0.6 is 11.8 Å². The van der Waals surface area contributed by atoms with Gasteiger partial charge in [-0.1, -0.05) is 36.0 Å². The molecule has 0 bridgehead atoms. The quantitative estimate of drug-likeness (QED) is 0.746. The monoisotopic (exact) mass is 194 g/mol. The maximum absolute atomic E-state index is 8.99. The number of rotatable bonds is 3. The Morgan fingerprint density at radius 2 is 2.15 bits per heavy atom. The van der Waals surface area contributed by atoms with E-state index in [0.717, 1.165) is 4.91 Å². The van der Waals surface area contributed by atoms with Gasteiger partial charge in [-0.2, -0.15) is 0 Å². The van der Waals surface area contributed by atoms with Crippen molar-refractivity contribution in [3.05, 3.63) is 40.8 Å². The molecule has 0 amide bonds. The molecule has 0 fully saturated rings. The zero-order chi connectivity index (χ0) is 9.68. The minimum atomic E-state index is 0.121. The Morgan fingerprint density at radius 1 is 1.46 bits per heavy atom. The van der Waals surface area contributed by atoms with Crippen LogP contribution < -0.4 is 0 Å². The molecular formula is C11H14OS. The molecule has 0 atom stereocenters. The van der Waals surface area contributed by atoms with Gasteiger partial charge in [-0.25, -0.2) is 0 Å². The van der Waals surface area contributed by atoms with Crippen LogP contribution in [0.5, 0.6) is 0 Å². The van der Waals surface area contributed by atoms with E-state index in [-0.39, 0.29) is 6.61 Å². The molecule has 0 heterocycles. The fourth-order valence-corrected chi connectivity index (χ4v) is 1.84.